The second-order valence-corrected chi connectivity index (χ2v) is 8.07. The lowest BCUT2D eigenvalue weighted by atomic mass is 10.1. The topological polar surface area (TPSA) is 92.3 Å². The Hall–Kier alpha value is -1.67. The average Bonchev–Trinajstić information content (AvgIpc) is 3.03. The van der Waals surface area contributed by atoms with Crippen molar-refractivity contribution >= 4 is 39.1 Å². The quantitative estimate of drug-likeness (QED) is 0.630. The Kier molecular flexibility index (Phi) is 5.13. The van der Waals surface area contributed by atoms with E-state index in [1.165, 1.54) is 17.4 Å². The maximum absolute atomic E-state index is 11.6. The molecule has 1 aromatic rings. The van der Waals surface area contributed by atoms with Gasteiger partial charge in [0.05, 0.1) is 11.5 Å². The molecule has 2 heterocycles. The van der Waals surface area contributed by atoms with Crippen molar-refractivity contribution in [2.75, 3.05) is 11.5 Å². The van der Waals surface area contributed by atoms with Crippen molar-refractivity contribution in [3.63, 3.8) is 0 Å². The van der Waals surface area contributed by atoms with Crippen LogP contribution >= 0.6 is 11.3 Å². The van der Waals surface area contributed by atoms with Gasteiger partial charge in [0.15, 0.2) is 9.84 Å². The standard InChI is InChI=1S/C13H16N2O4S2/c16-12(4-3-11-2-1-6-20-11)14-15-13(17)8-10-5-7-21(18,19)9-10/h1-4,6,10H,5,7-9H2,(H,14,16)(H,15,17)/b4-3+/t10-/m0/s1. The van der Waals surface area contributed by atoms with Gasteiger partial charge in [-0.15, -0.1) is 11.3 Å². The van der Waals surface area contributed by atoms with E-state index in [1.54, 1.807) is 6.08 Å². The number of amides is 2. The van der Waals surface area contributed by atoms with E-state index in [1.807, 2.05) is 17.5 Å². The molecule has 1 saturated heterocycles. The molecule has 2 rings (SSSR count). The third-order valence-corrected chi connectivity index (χ3v) is 5.74. The molecular formula is C13H16N2O4S2. The minimum absolute atomic E-state index is 0.0483. The molecule has 0 unspecified atom stereocenters. The fourth-order valence-electron chi connectivity index (χ4n) is 2.06. The highest BCUT2D eigenvalue weighted by molar-refractivity contribution is 7.91. The summed E-state index contributed by atoms with van der Waals surface area (Å²) in [6.07, 6.45) is 3.58. The zero-order chi connectivity index (χ0) is 15.3. The SMILES string of the molecule is O=C(/C=C/c1cccs1)NNC(=O)C[C@@H]1CCS(=O)(=O)C1. The molecule has 6 nitrogen and oxygen atoms in total. The molecule has 2 N–H and O–H groups in total. The molecule has 0 aliphatic carbocycles. The Labute approximate surface area is 127 Å². The molecule has 1 aliphatic rings. The van der Waals surface area contributed by atoms with Gasteiger partial charge < -0.3 is 0 Å². The van der Waals surface area contributed by atoms with Gasteiger partial charge in [0.2, 0.25) is 5.91 Å². The van der Waals surface area contributed by atoms with Crippen molar-refractivity contribution in [3.05, 3.63) is 28.5 Å². The first-order chi connectivity index (χ1) is 9.94. The first-order valence-electron chi connectivity index (χ1n) is 6.45. The minimum Gasteiger partial charge on any atom is -0.273 e. The number of thiophene rings is 1. The summed E-state index contributed by atoms with van der Waals surface area (Å²) in [5.74, 6) is -0.785. The maximum Gasteiger partial charge on any atom is 0.262 e. The number of rotatable bonds is 4. The minimum atomic E-state index is -2.98. The third-order valence-electron chi connectivity index (χ3n) is 3.07. The summed E-state index contributed by atoms with van der Waals surface area (Å²) in [5, 5.41) is 1.90. The van der Waals surface area contributed by atoms with Gasteiger partial charge in [0, 0.05) is 17.4 Å². The summed E-state index contributed by atoms with van der Waals surface area (Å²) >= 11 is 1.50. The van der Waals surface area contributed by atoms with Crippen LogP contribution in [0, 0.1) is 5.92 Å². The number of sulfone groups is 1. The Morgan fingerprint density at radius 2 is 2.19 bits per heavy atom. The number of nitrogens with one attached hydrogen (secondary N) is 2. The van der Waals surface area contributed by atoms with Gasteiger partial charge in [0.25, 0.3) is 5.91 Å². The highest BCUT2D eigenvalue weighted by Crippen LogP contribution is 2.21. The van der Waals surface area contributed by atoms with E-state index in [-0.39, 0.29) is 29.8 Å². The maximum atomic E-state index is 11.6. The van der Waals surface area contributed by atoms with Crippen LogP contribution in [-0.2, 0) is 19.4 Å². The molecule has 0 bridgehead atoms. The van der Waals surface area contributed by atoms with Gasteiger partial charge in [-0.2, -0.15) is 0 Å². The smallest absolute Gasteiger partial charge is 0.262 e. The van der Waals surface area contributed by atoms with Gasteiger partial charge in [-0.05, 0) is 29.9 Å². The number of carbonyl (C=O) groups excluding carboxylic acids is 2. The second-order valence-electron chi connectivity index (χ2n) is 4.86. The lowest BCUT2D eigenvalue weighted by molar-refractivity contribution is -0.127. The summed E-state index contributed by atoms with van der Waals surface area (Å²) in [4.78, 5) is 24.0. The second kappa shape index (κ2) is 6.86. The first-order valence-corrected chi connectivity index (χ1v) is 9.15. The summed E-state index contributed by atoms with van der Waals surface area (Å²) in [6, 6.07) is 3.74. The monoisotopic (exact) mass is 328 g/mol. The van der Waals surface area contributed by atoms with Gasteiger partial charge >= 0.3 is 0 Å². The average molecular weight is 328 g/mol. The molecule has 114 valence electrons. The Morgan fingerprint density at radius 3 is 2.81 bits per heavy atom. The van der Waals surface area contributed by atoms with Gasteiger partial charge in [0.1, 0.15) is 0 Å². The first kappa shape index (κ1) is 15.7. The summed E-state index contributed by atoms with van der Waals surface area (Å²) < 4.78 is 22.6. The van der Waals surface area contributed by atoms with E-state index in [9.17, 15) is 18.0 Å². The molecule has 8 heteroatoms. The van der Waals surface area contributed by atoms with Crippen LogP contribution in [0.5, 0.6) is 0 Å². The van der Waals surface area contributed by atoms with Crippen LogP contribution in [0.4, 0.5) is 0 Å². The van der Waals surface area contributed by atoms with Gasteiger partial charge in [-0.1, -0.05) is 6.07 Å². The zero-order valence-corrected chi connectivity index (χ0v) is 12.9. The Morgan fingerprint density at radius 1 is 1.38 bits per heavy atom. The van der Waals surface area contributed by atoms with Crippen LogP contribution < -0.4 is 10.9 Å². The fourth-order valence-corrected chi connectivity index (χ4v) is 4.54. The van der Waals surface area contributed by atoms with Crippen molar-refractivity contribution < 1.29 is 18.0 Å². The van der Waals surface area contributed by atoms with Crippen molar-refractivity contribution in [1.82, 2.24) is 10.9 Å². The molecule has 1 aliphatic heterocycles. The fraction of sp³-hybridized carbons (Fsp3) is 0.385. The van der Waals surface area contributed by atoms with Crippen molar-refractivity contribution in [1.29, 1.82) is 0 Å². The number of hydrazine groups is 1. The highest BCUT2D eigenvalue weighted by Gasteiger charge is 2.29. The van der Waals surface area contributed by atoms with Crippen LogP contribution in [-0.4, -0.2) is 31.7 Å². The van der Waals surface area contributed by atoms with Gasteiger partial charge in [-0.3, -0.25) is 20.4 Å². The molecule has 0 radical (unpaired) electrons. The van der Waals surface area contributed by atoms with E-state index >= 15 is 0 Å². The molecule has 1 aromatic heterocycles. The van der Waals surface area contributed by atoms with Crippen molar-refractivity contribution in [2.24, 2.45) is 5.92 Å². The van der Waals surface area contributed by atoms with E-state index < -0.39 is 15.7 Å². The van der Waals surface area contributed by atoms with E-state index in [0.29, 0.717) is 6.42 Å². The number of hydrogen-bond donors (Lipinski definition) is 2. The summed E-state index contributed by atoms with van der Waals surface area (Å²) in [5.41, 5.74) is 4.56. The molecule has 0 spiro atoms. The lowest BCUT2D eigenvalue weighted by Crippen LogP contribution is -2.41. The van der Waals surface area contributed by atoms with Gasteiger partial charge in [-0.25, -0.2) is 8.42 Å². The molecule has 1 fully saturated rings. The van der Waals surface area contributed by atoms with Crippen LogP contribution in [0.2, 0.25) is 0 Å². The third kappa shape index (κ3) is 5.31. The lowest BCUT2D eigenvalue weighted by Gasteiger charge is -2.08. The largest absolute Gasteiger partial charge is 0.273 e. The number of carbonyl (C=O) groups is 2. The van der Waals surface area contributed by atoms with Crippen LogP contribution in [0.25, 0.3) is 6.08 Å². The predicted molar refractivity (Wildman–Crippen MR) is 81.0 cm³/mol. The van der Waals surface area contributed by atoms with Crippen molar-refractivity contribution in [3.8, 4) is 0 Å². The Balaban J connectivity index is 1.70. The highest BCUT2D eigenvalue weighted by atomic mass is 32.2. The molecule has 2 amide bonds. The Bertz CT molecular complexity index is 635. The summed E-state index contributed by atoms with van der Waals surface area (Å²) in [7, 11) is -2.98. The molecule has 21 heavy (non-hydrogen) atoms. The molecule has 0 saturated carbocycles. The zero-order valence-electron chi connectivity index (χ0n) is 11.2. The van der Waals surface area contributed by atoms with E-state index in [2.05, 4.69) is 10.9 Å². The van der Waals surface area contributed by atoms with Crippen molar-refractivity contribution in [2.45, 2.75) is 12.8 Å². The van der Waals surface area contributed by atoms with E-state index in [0.717, 1.165) is 4.88 Å². The molecular weight excluding hydrogens is 312 g/mol. The molecule has 1 atom stereocenters. The summed E-state index contributed by atoms with van der Waals surface area (Å²) in [6.45, 7) is 0. The predicted octanol–water partition coefficient (Wildman–Crippen LogP) is 0.733. The van der Waals surface area contributed by atoms with Crippen LogP contribution in [0.15, 0.2) is 23.6 Å². The molecule has 0 aromatic carbocycles. The van der Waals surface area contributed by atoms with Crippen LogP contribution in [0.3, 0.4) is 0 Å². The van der Waals surface area contributed by atoms with E-state index in [4.69, 9.17) is 0 Å². The number of hydrogen-bond acceptors (Lipinski definition) is 5. The van der Waals surface area contributed by atoms with Crippen LogP contribution in [0.1, 0.15) is 17.7 Å². The normalized spacial score (nSPS) is 20.5.